The summed E-state index contributed by atoms with van der Waals surface area (Å²) in [6.07, 6.45) is 5.43. The van der Waals surface area contributed by atoms with E-state index in [2.05, 4.69) is 6.92 Å². The van der Waals surface area contributed by atoms with Gasteiger partial charge in [0.1, 0.15) is 5.75 Å². The van der Waals surface area contributed by atoms with Crippen molar-refractivity contribution in [1.82, 2.24) is 0 Å². The lowest BCUT2D eigenvalue weighted by Crippen LogP contribution is -2.28. The van der Waals surface area contributed by atoms with Gasteiger partial charge in [0.25, 0.3) is 0 Å². The van der Waals surface area contributed by atoms with Crippen LogP contribution in [0.15, 0.2) is 12.1 Å². The molecule has 0 atom stereocenters. The van der Waals surface area contributed by atoms with Gasteiger partial charge in [-0.05, 0) is 56.4 Å². The Kier molecular flexibility index (Phi) is 3.98. The highest BCUT2D eigenvalue weighted by molar-refractivity contribution is 6.02. The number of carbonyl (C=O) groups excluding carboxylic acids is 1. The number of ether oxygens (including phenoxy) is 1. The van der Waals surface area contributed by atoms with Crippen molar-refractivity contribution in [2.75, 3.05) is 7.11 Å². The van der Waals surface area contributed by atoms with Crippen LogP contribution in [0.2, 0.25) is 0 Å². The molecule has 0 bridgehead atoms. The van der Waals surface area contributed by atoms with Gasteiger partial charge in [0, 0.05) is 11.0 Å². The molecule has 2 heteroatoms. The number of Topliss-reactive ketones (excluding diaryl/α,β-unsaturated/α-hetero) is 1. The number of ketones is 1. The van der Waals surface area contributed by atoms with Crippen molar-refractivity contribution >= 4 is 5.78 Å². The van der Waals surface area contributed by atoms with E-state index in [1.165, 1.54) is 12.8 Å². The zero-order valence-corrected chi connectivity index (χ0v) is 12.5. The first kappa shape index (κ1) is 14.1. The zero-order chi connectivity index (χ0) is 14.0. The van der Waals surface area contributed by atoms with Crippen molar-refractivity contribution in [2.45, 2.75) is 52.9 Å². The first-order valence-electron chi connectivity index (χ1n) is 7.24. The predicted octanol–water partition coefficient (Wildman–Crippen LogP) is 4.47. The molecule has 104 valence electrons. The standard InChI is InChI=1S/C17H24O2/c1-5-17(8-6-7-9-17)16(18)14-10-13(3)15(19-4)11-12(14)2/h10-11H,5-9H2,1-4H3. The highest BCUT2D eigenvalue weighted by atomic mass is 16.5. The van der Waals surface area contributed by atoms with Crippen LogP contribution in [0.1, 0.15) is 60.5 Å². The second-order valence-electron chi connectivity index (χ2n) is 5.81. The molecule has 0 N–H and O–H groups in total. The van der Waals surface area contributed by atoms with Gasteiger partial charge in [-0.1, -0.05) is 19.8 Å². The molecule has 19 heavy (non-hydrogen) atoms. The molecule has 1 aromatic rings. The van der Waals surface area contributed by atoms with Crippen LogP contribution in [0.25, 0.3) is 0 Å². The summed E-state index contributed by atoms with van der Waals surface area (Å²) in [6.45, 7) is 6.16. The van der Waals surface area contributed by atoms with Gasteiger partial charge in [0.05, 0.1) is 7.11 Å². The topological polar surface area (TPSA) is 26.3 Å². The summed E-state index contributed by atoms with van der Waals surface area (Å²) in [4.78, 5) is 12.9. The van der Waals surface area contributed by atoms with Crippen molar-refractivity contribution in [3.63, 3.8) is 0 Å². The average molecular weight is 260 g/mol. The molecule has 2 nitrogen and oxygen atoms in total. The molecule has 2 rings (SSSR count). The Morgan fingerprint density at radius 1 is 1.21 bits per heavy atom. The predicted molar refractivity (Wildman–Crippen MR) is 78.0 cm³/mol. The number of methoxy groups -OCH3 is 1. The molecule has 0 spiro atoms. The van der Waals surface area contributed by atoms with E-state index in [1.807, 2.05) is 26.0 Å². The molecular weight excluding hydrogens is 236 g/mol. The number of aryl methyl sites for hydroxylation is 2. The van der Waals surface area contributed by atoms with Crippen LogP contribution >= 0.6 is 0 Å². The van der Waals surface area contributed by atoms with Gasteiger partial charge in [0.2, 0.25) is 0 Å². The summed E-state index contributed by atoms with van der Waals surface area (Å²) in [7, 11) is 1.67. The summed E-state index contributed by atoms with van der Waals surface area (Å²) >= 11 is 0. The van der Waals surface area contributed by atoms with Gasteiger partial charge in [-0.25, -0.2) is 0 Å². The zero-order valence-electron chi connectivity index (χ0n) is 12.5. The minimum absolute atomic E-state index is 0.105. The second-order valence-corrected chi connectivity index (χ2v) is 5.81. The van der Waals surface area contributed by atoms with Crippen molar-refractivity contribution in [3.8, 4) is 5.75 Å². The normalized spacial score (nSPS) is 17.5. The van der Waals surface area contributed by atoms with Gasteiger partial charge in [-0.3, -0.25) is 4.79 Å². The molecular formula is C17H24O2. The third-order valence-corrected chi connectivity index (χ3v) is 4.71. The molecule has 1 aromatic carbocycles. The van der Waals surface area contributed by atoms with Crippen molar-refractivity contribution in [1.29, 1.82) is 0 Å². The van der Waals surface area contributed by atoms with Crippen LogP contribution in [0.5, 0.6) is 5.75 Å². The van der Waals surface area contributed by atoms with E-state index in [-0.39, 0.29) is 5.41 Å². The van der Waals surface area contributed by atoms with Crippen molar-refractivity contribution in [3.05, 3.63) is 28.8 Å². The fourth-order valence-corrected chi connectivity index (χ4v) is 3.33. The van der Waals surface area contributed by atoms with Gasteiger partial charge >= 0.3 is 0 Å². The lowest BCUT2D eigenvalue weighted by atomic mass is 9.75. The van der Waals surface area contributed by atoms with Crippen LogP contribution < -0.4 is 4.74 Å². The molecule has 1 aliphatic carbocycles. The Morgan fingerprint density at radius 3 is 2.37 bits per heavy atom. The average Bonchev–Trinajstić information content (AvgIpc) is 2.90. The molecule has 1 aliphatic rings. The summed E-state index contributed by atoms with van der Waals surface area (Å²) in [5.74, 6) is 1.21. The summed E-state index contributed by atoms with van der Waals surface area (Å²) in [5.41, 5.74) is 2.86. The van der Waals surface area contributed by atoms with E-state index >= 15 is 0 Å². The van der Waals surface area contributed by atoms with Gasteiger partial charge < -0.3 is 4.74 Å². The first-order valence-corrected chi connectivity index (χ1v) is 7.24. The highest BCUT2D eigenvalue weighted by Gasteiger charge is 2.40. The van der Waals surface area contributed by atoms with E-state index in [9.17, 15) is 4.79 Å². The van der Waals surface area contributed by atoms with E-state index in [1.54, 1.807) is 7.11 Å². The number of hydrogen-bond acceptors (Lipinski definition) is 2. The fourth-order valence-electron chi connectivity index (χ4n) is 3.33. The van der Waals surface area contributed by atoms with Crippen molar-refractivity contribution < 1.29 is 9.53 Å². The monoisotopic (exact) mass is 260 g/mol. The molecule has 1 fully saturated rings. The van der Waals surface area contributed by atoms with Crippen LogP contribution in [0, 0.1) is 19.3 Å². The molecule has 1 saturated carbocycles. The lowest BCUT2D eigenvalue weighted by molar-refractivity contribution is 0.0790. The molecule has 0 aliphatic heterocycles. The van der Waals surface area contributed by atoms with Crippen molar-refractivity contribution in [2.24, 2.45) is 5.41 Å². The van der Waals surface area contributed by atoms with Crippen LogP contribution in [0.4, 0.5) is 0 Å². The number of rotatable bonds is 4. The number of benzene rings is 1. The largest absolute Gasteiger partial charge is 0.496 e. The Labute approximate surface area is 116 Å². The van der Waals surface area contributed by atoms with Crippen LogP contribution in [-0.2, 0) is 0 Å². The van der Waals surface area contributed by atoms with E-state index < -0.39 is 0 Å². The minimum Gasteiger partial charge on any atom is -0.496 e. The fraction of sp³-hybridized carbons (Fsp3) is 0.588. The third-order valence-electron chi connectivity index (χ3n) is 4.71. The maximum Gasteiger partial charge on any atom is 0.169 e. The number of carbonyl (C=O) groups is 1. The summed E-state index contributed by atoms with van der Waals surface area (Å²) in [5, 5.41) is 0. The molecule has 0 radical (unpaired) electrons. The number of hydrogen-bond donors (Lipinski definition) is 0. The molecule has 0 aromatic heterocycles. The van der Waals surface area contributed by atoms with Crippen LogP contribution in [-0.4, -0.2) is 12.9 Å². The Morgan fingerprint density at radius 2 is 1.84 bits per heavy atom. The smallest absolute Gasteiger partial charge is 0.169 e. The second kappa shape index (κ2) is 5.36. The lowest BCUT2D eigenvalue weighted by Gasteiger charge is -2.27. The molecule has 0 saturated heterocycles. The minimum atomic E-state index is -0.105. The van der Waals surface area contributed by atoms with E-state index in [0.29, 0.717) is 5.78 Å². The van der Waals surface area contributed by atoms with Gasteiger partial charge in [-0.15, -0.1) is 0 Å². The van der Waals surface area contributed by atoms with E-state index in [0.717, 1.165) is 41.7 Å². The maximum atomic E-state index is 12.9. The van der Waals surface area contributed by atoms with Gasteiger partial charge in [-0.2, -0.15) is 0 Å². The Bertz CT molecular complexity index is 482. The first-order chi connectivity index (χ1) is 9.04. The Balaban J connectivity index is 2.41. The quantitative estimate of drug-likeness (QED) is 0.747. The third kappa shape index (κ3) is 2.41. The molecule has 0 unspecified atom stereocenters. The van der Waals surface area contributed by atoms with E-state index in [4.69, 9.17) is 4.74 Å². The summed E-state index contributed by atoms with van der Waals surface area (Å²) in [6, 6.07) is 3.99. The molecule has 0 heterocycles. The molecule has 0 amide bonds. The summed E-state index contributed by atoms with van der Waals surface area (Å²) < 4.78 is 5.33. The SMILES string of the molecule is CCC1(C(=O)c2cc(C)c(OC)cc2C)CCCC1. The Hall–Kier alpha value is -1.31. The maximum absolute atomic E-state index is 12.9. The van der Waals surface area contributed by atoms with Crippen LogP contribution in [0.3, 0.4) is 0 Å². The van der Waals surface area contributed by atoms with Gasteiger partial charge in [0.15, 0.2) is 5.78 Å². The highest BCUT2D eigenvalue weighted by Crippen LogP contribution is 2.44.